The van der Waals surface area contributed by atoms with E-state index in [9.17, 15) is 18.0 Å². The second kappa shape index (κ2) is 5.01. The number of rotatable bonds is 3. The van der Waals surface area contributed by atoms with Gasteiger partial charge in [0.1, 0.15) is 0 Å². The Labute approximate surface area is 94.2 Å². The van der Waals surface area contributed by atoms with Crippen LogP contribution in [0.5, 0.6) is 0 Å². The van der Waals surface area contributed by atoms with E-state index < -0.39 is 12.0 Å². The van der Waals surface area contributed by atoms with Crippen LogP contribution < -0.4 is 0 Å². The van der Waals surface area contributed by atoms with Gasteiger partial charge in [-0.2, -0.15) is 13.2 Å². The van der Waals surface area contributed by atoms with Crippen molar-refractivity contribution in [3.8, 4) is 0 Å². The SMILES string of the molecule is O=C(/C=C(\CBr)N1CCCC1)C(F)(F)F. The minimum Gasteiger partial charge on any atom is -0.374 e. The second-order valence-corrected chi connectivity index (χ2v) is 3.89. The summed E-state index contributed by atoms with van der Waals surface area (Å²) in [7, 11) is 0. The number of halogens is 4. The number of ketones is 1. The summed E-state index contributed by atoms with van der Waals surface area (Å²) in [6.45, 7) is 1.45. The first-order valence-electron chi connectivity index (χ1n) is 4.58. The number of hydrogen-bond donors (Lipinski definition) is 0. The van der Waals surface area contributed by atoms with Gasteiger partial charge in [-0.05, 0) is 12.8 Å². The minimum atomic E-state index is -4.77. The van der Waals surface area contributed by atoms with E-state index in [2.05, 4.69) is 15.9 Å². The van der Waals surface area contributed by atoms with Gasteiger partial charge in [-0.25, -0.2) is 0 Å². The van der Waals surface area contributed by atoms with Crippen LogP contribution in [-0.4, -0.2) is 35.3 Å². The van der Waals surface area contributed by atoms with Crippen molar-refractivity contribution in [2.24, 2.45) is 0 Å². The number of carbonyl (C=O) groups excluding carboxylic acids is 1. The highest BCUT2D eigenvalue weighted by atomic mass is 79.9. The molecule has 1 heterocycles. The van der Waals surface area contributed by atoms with Crippen LogP contribution in [0.15, 0.2) is 11.8 Å². The predicted octanol–water partition coefficient (Wildman–Crippen LogP) is 2.49. The third-order valence-corrected chi connectivity index (χ3v) is 2.80. The third-order valence-electron chi connectivity index (χ3n) is 2.23. The lowest BCUT2D eigenvalue weighted by Crippen LogP contribution is -2.25. The van der Waals surface area contributed by atoms with E-state index >= 15 is 0 Å². The van der Waals surface area contributed by atoms with E-state index in [0.29, 0.717) is 11.8 Å². The average Bonchev–Trinajstić information content (AvgIpc) is 2.64. The molecule has 86 valence electrons. The smallest absolute Gasteiger partial charge is 0.374 e. The fraction of sp³-hybridized carbons (Fsp3) is 0.667. The molecule has 0 radical (unpaired) electrons. The van der Waals surface area contributed by atoms with Gasteiger partial charge in [0.2, 0.25) is 0 Å². The van der Waals surface area contributed by atoms with Gasteiger partial charge >= 0.3 is 6.18 Å². The van der Waals surface area contributed by atoms with Crippen LogP contribution >= 0.6 is 15.9 Å². The molecule has 6 heteroatoms. The maximum atomic E-state index is 12.0. The Morgan fingerprint density at radius 1 is 1.33 bits per heavy atom. The summed E-state index contributed by atoms with van der Waals surface area (Å²) in [6, 6.07) is 0. The Hall–Kier alpha value is -0.520. The summed E-state index contributed by atoms with van der Waals surface area (Å²) in [5, 5.41) is 0.273. The highest BCUT2D eigenvalue weighted by Crippen LogP contribution is 2.21. The van der Waals surface area contributed by atoms with Crippen LogP contribution in [0.3, 0.4) is 0 Å². The van der Waals surface area contributed by atoms with Crippen molar-refractivity contribution in [3.05, 3.63) is 11.8 Å². The van der Waals surface area contributed by atoms with Gasteiger partial charge in [0, 0.05) is 30.2 Å². The fourth-order valence-corrected chi connectivity index (χ4v) is 1.97. The van der Waals surface area contributed by atoms with Crippen LogP contribution in [0.25, 0.3) is 0 Å². The van der Waals surface area contributed by atoms with E-state index in [-0.39, 0.29) is 5.33 Å². The highest BCUT2D eigenvalue weighted by molar-refractivity contribution is 9.09. The summed E-state index contributed by atoms with van der Waals surface area (Å²) in [5.74, 6) is -1.79. The maximum absolute atomic E-state index is 12.0. The highest BCUT2D eigenvalue weighted by Gasteiger charge is 2.37. The van der Waals surface area contributed by atoms with Gasteiger partial charge in [0.15, 0.2) is 0 Å². The monoisotopic (exact) mass is 285 g/mol. The Morgan fingerprint density at radius 3 is 2.27 bits per heavy atom. The van der Waals surface area contributed by atoms with Gasteiger partial charge in [-0.3, -0.25) is 4.79 Å². The first kappa shape index (κ1) is 12.5. The zero-order valence-electron chi connectivity index (χ0n) is 7.98. The first-order chi connectivity index (χ1) is 6.95. The Balaban J connectivity index is 2.72. The van der Waals surface area contributed by atoms with Gasteiger partial charge < -0.3 is 4.90 Å². The molecule has 0 amide bonds. The molecule has 1 aliphatic heterocycles. The van der Waals surface area contributed by atoms with Crippen LogP contribution in [-0.2, 0) is 4.79 Å². The summed E-state index contributed by atoms with van der Waals surface area (Å²) in [6.07, 6.45) is -2.16. The van der Waals surface area contributed by atoms with Crippen molar-refractivity contribution in [2.75, 3.05) is 18.4 Å². The van der Waals surface area contributed by atoms with Gasteiger partial charge in [0.25, 0.3) is 5.78 Å². The van der Waals surface area contributed by atoms with Crippen LogP contribution in [0.4, 0.5) is 13.2 Å². The van der Waals surface area contributed by atoms with Crippen molar-refractivity contribution in [1.82, 2.24) is 4.90 Å². The van der Waals surface area contributed by atoms with E-state index in [4.69, 9.17) is 0 Å². The summed E-state index contributed by atoms with van der Waals surface area (Å²) in [5.41, 5.74) is 0.412. The van der Waals surface area contributed by atoms with Crippen molar-refractivity contribution in [3.63, 3.8) is 0 Å². The quantitative estimate of drug-likeness (QED) is 0.587. The van der Waals surface area contributed by atoms with Crippen molar-refractivity contribution >= 4 is 21.7 Å². The van der Waals surface area contributed by atoms with Crippen molar-refractivity contribution < 1.29 is 18.0 Å². The lowest BCUT2D eigenvalue weighted by molar-refractivity contribution is -0.165. The van der Waals surface area contributed by atoms with Crippen LogP contribution in [0, 0.1) is 0 Å². The predicted molar refractivity (Wildman–Crippen MR) is 53.7 cm³/mol. The van der Waals surface area contributed by atoms with E-state index in [1.54, 1.807) is 4.90 Å². The molecular weight excluding hydrogens is 275 g/mol. The molecule has 0 unspecified atom stereocenters. The van der Waals surface area contributed by atoms with E-state index in [1.807, 2.05) is 0 Å². The number of nitrogens with zero attached hydrogens (tertiary/aromatic N) is 1. The fourth-order valence-electron chi connectivity index (χ4n) is 1.45. The third kappa shape index (κ3) is 3.52. The van der Waals surface area contributed by atoms with Crippen LogP contribution in [0.1, 0.15) is 12.8 Å². The Kier molecular flexibility index (Phi) is 4.19. The van der Waals surface area contributed by atoms with E-state index in [1.165, 1.54) is 0 Å². The topological polar surface area (TPSA) is 20.3 Å². The number of likely N-dealkylation sites (tertiary alicyclic amines) is 1. The standard InChI is InChI=1S/C9H11BrF3NO/c10-6-7(14-3-1-2-4-14)5-8(15)9(11,12)13/h5H,1-4,6H2/b7-5+. The summed E-state index contributed by atoms with van der Waals surface area (Å²) >= 11 is 3.09. The zero-order chi connectivity index (χ0) is 11.5. The molecule has 0 saturated carbocycles. The number of hydrogen-bond acceptors (Lipinski definition) is 2. The van der Waals surface area contributed by atoms with Gasteiger partial charge in [-0.1, -0.05) is 15.9 Å². The normalized spacial score (nSPS) is 18.4. The molecule has 0 aromatic heterocycles. The number of allylic oxidation sites excluding steroid dienone is 2. The molecule has 1 fully saturated rings. The molecule has 0 N–H and O–H groups in total. The molecule has 1 saturated heterocycles. The van der Waals surface area contributed by atoms with Gasteiger partial charge in [-0.15, -0.1) is 0 Å². The van der Waals surface area contributed by atoms with Gasteiger partial charge in [0.05, 0.1) is 0 Å². The molecule has 0 aliphatic carbocycles. The summed E-state index contributed by atoms with van der Waals surface area (Å²) < 4.78 is 36.0. The molecule has 15 heavy (non-hydrogen) atoms. The molecule has 1 rings (SSSR count). The first-order valence-corrected chi connectivity index (χ1v) is 5.70. The van der Waals surface area contributed by atoms with Crippen LogP contribution in [0.2, 0.25) is 0 Å². The number of carbonyl (C=O) groups is 1. The Morgan fingerprint density at radius 2 is 1.87 bits per heavy atom. The Bertz CT molecular complexity index is 269. The minimum absolute atomic E-state index is 0.273. The zero-order valence-corrected chi connectivity index (χ0v) is 9.57. The molecular formula is C9H11BrF3NO. The lowest BCUT2D eigenvalue weighted by Gasteiger charge is -2.19. The van der Waals surface area contributed by atoms with Crippen molar-refractivity contribution in [2.45, 2.75) is 19.0 Å². The molecule has 2 nitrogen and oxygen atoms in total. The molecule has 0 spiro atoms. The summed E-state index contributed by atoms with van der Waals surface area (Å²) in [4.78, 5) is 12.5. The molecule has 0 bridgehead atoms. The van der Waals surface area contributed by atoms with Crippen molar-refractivity contribution in [1.29, 1.82) is 0 Å². The molecule has 0 atom stereocenters. The molecule has 0 aromatic carbocycles. The van der Waals surface area contributed by atoms with E-state index in [0.717, 1.165) is 25.9 Å². The average molecular weight is 286 g/mol. The second-order valence-electron chi connectivity index (χ2n) is 3.33. The molecule has 0 aromatic rings. The maximum Gasteiger partial charge on any atom is 0.454 e. The largest absolute Gasteiger partial charge is 0.454 e. The molecule has 1 aliphatic rings. The lowest BCUT2D eigenvalue weighted by atomic mass is 10.3. The number of alkyl halides is 4.